The SMILES string of the molecule is c1cc2nc(c1)-c1cc3c(c(n1)OCCCCCCCCO2)CCCCC3. The minimum absolute atomic E-state index is 0.693. The van der Waals surface area contributed by atoms with Crippen molar-refractivity contribution in [3.8, 4) is 23.1 Å². The lowest BCUT2D eigenvalue weighted by molar-refractivity contribution is 0.283. The summed E-state index contributed by atoms with van der Waals surface area (Å²) in [5.74, 6) is 1.53. The Kier molecular flexibility index (Phi) is 6.23. The Morgan fingerprint density at radius 2 is 1.41 bits per heavy atom. The van der Waals surface area contributed by atoms with Crippen molar-refractivity contribution in [2.24, 2.45) is 0 Å². The molecule has 0 spiro atoms. The fraction of sp³-hybridized carbons (Fsp3) is 0.565. The first-order chi connectivity index (χ1) is 13.4. The Morgan fingerprint density at radius 1 is 0.667 bits per heavy atom. The van der Waals surface area contributed by atoms with Crippen LogP contribution < -0.4 is 9.47 Å². The van der Waals surface area contributed by atoms with Gasteiger partial charge in [-0.1, -0.05) is 38.2 Å². The van der Waals surface area contributed by atoms with Crippen LogP contribution in [-0.2, 0) is 12.8 Å². The first-order valence-electron chi connectivity index (χ1n) is 10.7. The summed E-state index contributed by atoms with van der Waals surface area (Å²) < 4.78 is 12.1. The van der Waals surface area contributed by atoms with Crippen LogP contribution in [0.5, 0.6) is 11.8 Å². The van der Waals surface area contributed by atoms with E-state index >= 15 is 0 Å². The molecule has 4 rings (SSSR count). The van der Waals surface area contributed by atoms with Gasteiger partial charge in [-0.15, -0.1) is 0 Å². The fourth-order valence-electron chi connectivity index (χ4n) is 4.03. The van der Waals surface area contributed by atoms with Crippen molar-refractivity contribution in [1.29, 1.82) is 0 Å². The van der Waals surface area contributed by atoms with Crippen LogP contribution in [0.2, 0.25) is 0 Å². The van der Waals surface area contributed by atoms with Gasteiger partial charge in [0.15, 0.2) is 0 Å². The number of rotatable bonds is 0. The van der Waals surface area contributed by atoms with Crippen molar-refractivity contribution >= 4 is 0 Å². The minimum atomic E-state index is 0.693. The largest absolute Gasteiger partial charge is 0.478 e. The van der Waals surface area contributed by atoms with E-state index in [0.29, 0.717) is 5.88 Å². The summed E-state index contributed by atoms with van der Waals surface area (Å²) in [4.78, 5) is 9.60. The van der Waals surface area contributed by atoms with Crippen molar-refractivity contribution < 1.29 is 9.47 Å². The molecule has 2 aliphatic rings. The Labute approximate surface area is 162 Å². The minimum Gasteiger partial charge on any atom is -0.478 e. The van der Waals surface area contributed by atoms with Gasteiger partial charge >= 0.3 is 0 Å². The van der Waals surface area contributed by atoms with Crippen LogP contribution >= 0.6 is 0 Å². The molecule has 4 nitrogen and oxygen atoms in total. The zero-order valence-electron chi connectivity index (χ0n) is 16.2. The summed E-state index contributed by atoms with van der Waals surface area (Å²) >= 11 is 0. The van der Waals surface area contributed by atoms with Crippen LogP contribution in [0.1, 0.15) is 68.9 Å². The average Bonchev–Trinajstić information content (AvgIpc) is 2.94. The molecule has 2 aromatic rings. The molecule has 0 aromatic carbocycles. The maximum atomic E-state index is 6.20. The van der Waals surface area contributed by atoms with E-state index in [4.69, 9.17) is 19.4 Å². The topological polar surface area (TPSA) is 44.2 Å². The molecule has 0 radical (unpaired) electrons. The summed E-state index contributed by atoms with van der Waals surface area (Å²) in [6.45, 7) is 1.50. The molecule has 27 heavy (non-hydrogen) atoms. The average molecular weight is 367 g/mol. The van der Waals surface area contributed by atoms with Gasteiger partial charge in [0.25, 0.3) is 0 Å². The molecule has 4 bridgehead atoms. The van der Waals surface area contributed by atoms with Gasteiger partial charge in [0, 0.05) is 11.6 Å². The molecule has 1 aliphatic carbocycles. The maximum Gasteiger partial charge on any atom is 0.217 e. The van der Waals surface area contributed by atoms with Gasteiger partial charge in [0.1, 0.15) is 0 Å². The molecular weight excluding hydrogens is 336 g/mol. The highest BCUT2D eigenvalue weighted by atomic mass is 16.5. The summed E-state index contributed by atoms with van der Waals surface area (Å²) in [7, 11) is 0. The Hall–Kier alpha value is -2.10. The molecule has 0 N–H and O–H groups in total. The molecule has 0 atom stereocenters. The van der Waals surface area contributed by atoms with Crippen LogP contribution in [0, 0.1) is 0 Å². The zero-order chi connectivity index (χ0) is 18.3. The molecule has 4 heteroatoms. The lowest BCUT2D eigenvalue weighted by atomic mass is 10.0. The second kappa shape index (κ2) is 9.20. The molecule has 0 fully saturated rings. The summed E-state index contributed by atoms with van der Waals surface area (Å²) in [6, 6.07) is 8.19. The predicted octanol–water partition coefficient (Wildman–Crippen LogP) is 5.52. The predicted molar refractivity (Wildman–Crippen MR) is 107 cm³/mol. The van der Waals surface area contributed by atoms with Gasteiger partial charge in [-0.25, -0.2) is 9.97 Å². The van der Waals surface area contributed by atoms with Crippen LogP contribution in [0.25, 0.3) is 11.4 Å². The lowest BCUT2D eigenvalue weighted by Gasteiger charge is -2.16. The van der Waals surface area contributed by atoms with E-state index in [2.05, 4.69) is 6.07 Å². The molecule has 0 saturated heterocycles. The zero-order valence-corrected chi connectivity index (χ0v) is 16.2. The summed E-state index contributed by atoms with van der Waals surface area (Å²) in [5.41, 5.74) is 4.49. The third kappa shape index (κ3) is 4.79. The molecule has 3 heterocycles. The fourth-order valence-corrected chi connectivity index (χ4v) is 4.03. The molecule has 0 unspecified atom stereocenters. The molecule has 144 valence electrons. The number of pyridine rings is 2. The van der Waals surface area contributed by atoms with Gasteiger partial charge < -0.3 is 9.47 Å². The second-order valence-electron chi connectivity index (χ2n) is 7.69. The normalized spacial score (nSPS) is 18.5. The molecule has 0 amide bonds. The number of aryl methyl sites for hydroxylation is 1. The summed E-state index contributed by atoms with van der Waals surface area (Å²) in [6.07, 6.45) is 13.1. The number of hydrogen-bond acceptors (Lipinski definition) is 4. The Bertz CT molecular complexity index is 760. The lowest BCUT2D eigenvalue weighted by Crippen LogP contribution is -2.07. The third-order valence-electron chi connectivity index (χ3n) is 5.56. The van der Waals surface area contributed by atoms with Gasteiger partial charge in [0.05, 0.1) is 24.6 Å². The number of fused-ring (bicyclic) bond motifs is 7. The van der Waals surface area contributed by atoms with Crippen molar-refractivity contribution in [2.45, 2.75) is 70.6 Å². The van der Waals surface area contributed by atoms with Crippen molar-refractivity contribution in [3.63, 3.8) is 0 Å². The van der Waals surface area contributed by atoms with E-state index in [0.717, 1.165) is 56.2 Å². The monoisotopic (exact) mass is 366 g/mol. The van der Waals surface area contributed by atoms with E-state index in [1.807, 2.05) is 18.2 Å². The van der Waals surface area contributed by atoms with Gasteiger partial charge in [-0.3, -0.25) is 0 Å². The van der Waals surface area contributed by atoms with Gasteiger partial charge in [-0.2, -0.15) is 0 Å². The van der Waals surface area contributed by atoms with E-state index < -0.39 is 0 Å². The summed E-state index contributed by atoms with van der Waals surface area (Å²) in [5, 5.41) is 0. The van der Waals surface area contributed by atoms with Gasteiger partial charge in [-0.05, 0) is 56.2 Å². The van der Waals surface area contributed by atoms with E-state index in [-0.39, 0.29) is 0 Å². The standard InChI is InChI=1S/C23H30N2O2/c1-2-4-9-16-27-23-19-12-7-5-6-11-18(19)17-21(25-23)20-13-10-14-22(24-20)26-15-8-3-1/h10,13-14,17H,1-9,11-12,15-16H2. The van der Waals surface area contributed by atoms with Crippen molar-refractivity contribution in [1.82, 2.24) is 9.97 Å². The Balaban J connectivity index is 1.69. The highest BCUT2D eigenvalue weighted by Gasteiger charge is 2.18. The van der Waals surface area contributed by atoms with E-state index in [1.165, 1.54) is 56.1 Å². The highest BCUT2D eigenvalue weighted by Crippen LogP contribution is 2.32. The van der Waals surface area contributed by atoms with Crippen LogP contribution in [0.15, 0.2) is 24.3 Å². The first-order valence-corrected chi connectivity index (χ1v) is 10.7. The second-order valence-corrected chi connectivity index (χ2v) is 7.69. The van der Waals surface area contributed by atoms with Crippen LogP contribution in [0.3, 0.4) is 0 Å². The van der Waals surface area contributed by atoms with Crippen LogP contribution in [-0.4, -0.2) is 23.2 Å². The third-order valence-corrected chi connectivity index (χ3v) is 5.56. The number of nitrogens with zero attached hydrogens (tertiary/aromatic N) is 2. The first kappa shape index (κ1) is 18.3. The number of ether oxygens (including phenoxy) is 2. The van der Waals surface area contributed by atoms with Crippen LogP contribution in [0.4, 0.5) is 0 Å². The quantitative estimate of drug-likeness (QED) is 0.576. The van der Waals surface area contributed by atoms with Crippen molar-refractivity contribution in [2.75, 3.05) is 13.2 Å². The number of hydrogen-bond donors (Lipinski definition) is 0. The van der Waals surface area contributed by atoms with E-state index in [9.17, 15) is 0 Å². The number of aromatic nitrogens is 2. The smallest absolute Gasteiger partial charge is 0.217 e. The molecular formula is C23H30N2O2. The Morgan fingerprint density at radius 3 is 2.30 bits per heavy atom. The molecule has 0 saturated carbocycles. The molecule has 2 aromatic heterocycles. The van der Waals surface area contributed by atoms with Gasteiger partial charge in [0.2, 0.25) is 11.8 Å². The maximum absolute atomic E-state index is 6.20. The highest BCUT2D eigenvalue weighted by molar-refractivity contribution is 5.59. The molecule has 1 aliphatic heterocycles. The van der Waals surface area contributed by atoms with Crippen molar-refractivity contribution in [3.05, 3.63) is 35.4 Å². The van der Waals surface area contributed by atoms with E-state index in [1.54, 1.807) is 0 Å².